The highest BCUT2D eigenvalue weighted by Gasteiger charge is 2.10. The average molecular weight is 187 g/mol. The van der Waals surface area contributed by atoms with Gasteiger partial charge in [0.25, 0.3) is 0 Å². The van der Waals surface area contributed by atoms with E-state index in [9.17, 15) is 4.79 Å². The van der Waals surface area contributed by atoms with E-state index in [4.69, 9.17) is 9.84 Å². The summed E-state index contributed by atoms with van der Waals surface area (Å²) in [5, 5.41) is 8.47. The van der Waals surface area contributed by atoms with Gasteiger partial charge < -0.3 is 9.84 Å². The summed E-state index contributed by atoms with van der Waals surface area (Å²) in [5.41, 5.74) is 1.68. The molecule has 1 heterocycles. The van der Waals surface area contributed by atoms with Crippen molar-refractivity contribution in [1.29, 1.82) is 0 Å². The highest BCUT2D eigenvalue weighted by Crippen LogP contribution is 2.08. The Morgan fingerprint density at radius 2 is 2.67 bits per heavy atom. The first-order valence-corrected chi connectivity index (χ1v) is 4.30. The number of carboxylic acids is 1. The first-order chi connectivity index (χ1) is 5.70. The Bertz CT molecular complexity index is 247. The van der Waals surface area contributed by atoms with E-state index in [0.29, 0.717) is 6.61 Å². The molecule has 66 valence electrons. The molecule has 0 spiro atoms. The fourth-order valence-corrected chi connectivity index (χ4v) is 1.11. The van der Waals surface area contributed by atoms with Crippen LogP contribution < -0.4 is 0 Å². The maximum atomic E-state index is 10.3. The molecule has 0 unspecified atom stereocenters. The van der Waals surface area contributed by atoms with Gasteiger partial charge in [0.1, 0.15) is 0 Å². The van der Waals surface area contributed by atoms with Gasteiger partial charge in [-0.15, -0.1) is 11.3 Å². The van der Waals surface area contributed by atoms with Crippen molar-refractivity contribution in [2.45, 2.75) is 19.6 Å². The molecule has 1 atom stereocenters. The van der Waals surface area contributed by atoms with Crippen LogP contribution in [0.2, 0.25) is 0 Å². The number of nitrogens with zero attached hydrogens (tertiary/aromatic N) is 1. The summed E-state index contributed by atoms with van der Waals surface area (Å²) in [7, 11) is 0. The average Bonchev–Trinajstić information content (AvgIpc) is 2.51. The molecule has 0 radical (unpaired) electrons. The maximum Gasteiger partial charge on any atom is 0.332 e. The van der Waals surface area contributed by atoms with E-state index in [0.717, 1.165) is 4.88 Å². The second kappa shape index (κ2) is 4.18. The number of hydrogen-bond acceptors (Lipinski definition) is 4. The van der Waals surface area contributed by atoms with Crippen LogP contribution in [0.15, 0.2) is 11.7 Å². The molecule has 0 aliphatic rings. The Labute approximate surface area is 73.8 Å². The lowest BCUT2D eigenvalue weighted by molar-refractivity contribution is -0.149. The van der Waals surface area contributed by atoms with Gasteiger partial charge >= 0.3 is 5.97 Å². The lowest BCUT2D eigenvalue weighted by Crippen LogP contribution is -2.19. The van der Waals surface area contributed by atoms with Crippen molar-refractivity contribution in [1.82, 2.24) is 4.98 Å². The molecule has 0 amide bonds. The fourth-order valence-electron chi connectivity index (χ4n) is 0.592. The minimum atomic E-state index is -0.945. The van der Waals surface area contributed by atoms with Gasteiger partial charge in [-0.05, 0) is 6.92 Å². The van der Waals surface area contributed by atoms with Crippen LogP contribution in [0, 0.1) is 0 Å². The Morgan fingerprint density at radius 1 is 1.92 bits per heavy atom. The van der Waals surface area contributed by atoms with E-state index in [-0.39, 0.29) is 0 Å². The van der Waals surface area contributed by atoms with Crippen LogP contribution in [0.1, 0.15) is 11.8 Å². The number of carboxylic acid groups (broad SMARTS) is 1. The molecule has 0 bridgehead atoms. The van der Waals surface area contributed by atoms with E-state index >= 15 is 0 Å². The van der Waals surface area contributed by atoms with E-state index in [1.54, 1.807) is 11.7 Å². The van der Waals surface area contributed by atoms with Crippen LogP contribution in [-0.4, -0.2) is 22.2 Å². The van der Waals surface area contributed by atoms with Crippen LogP contribution in [0.25, 0.3) is 0 Å². The topological polar surface area (TPSA) is 59.4 Å². The molecule has 4 nitrogen and oxygen atoms in total. The van der Waals surface area contributed by atoms with Gasteiger partial charge in [0.2, 0.25) is 0 Å². The molecule has 0 aliphatic heterocycles. The number of carbonyl (C=O) groups is 1. The van der Waals surface area contributed by atoms with Crippen LogP contribution in [0.4, 0.5) is 0 Å². The van der Waals surface area contributed by atoms with Crippen molar-refractivity contribution in [2.75, 3.05) is 0 Å². The van der Waals surface area contributed by atoms with Gasteiger partial charge in [-0.3, -0.25) is 4.98 Å². The van der Waals surface area contributed by atoms with Gasteiger partial charge in [0, 0.05) is 6.20 Å². The van der Waals surface area contributed by atoms with Crippen LogP contribution >= 0.6 is 11.3 Å². The lowest BCUT2D eigenvalue weighted by Gasteiger charge is -2.05. The van der Waals surface area contributed by atoms with Crippen molar-refractivity contribution in [3.63, 3.8) is 0 Å². The zero-order valence-electron chi connectivity index (χ0n) is 6.56. The summed E-state index contributed by atoms with van der Waals surface area (Å²) in [6, 6.07) is 0. The van der Waals surface area contributed by atoms with Crippen LogP contribution in [0.5, 0.6) is 0 Å². The van der Waals surface area contributed by atoms with E-state index in [1.165, 1.54) is 18.3 Å². The van der Waals surface area contributed by atoms with E-state index in [1.807, 2.05) is 0 Å². The second-order valence-electron chi connectivity index (χ2n) is 2.26. The minimum absolute atomic E-state index is 0.318. The number of thiazole rings is 1. The third-order valence-electron chi connectivity index (χ3n) is 1.31. The van der Waals surface area contributed by atoms with Gasteiger partial charge in [-0.1, -0.05) is 0 Å². The zero-order chi connectivity index (χ0) is 8.97. The molecule has 1 aromatic heterocycles. The van der Waals surface area contributed by atoms with E-state index in [2.05, 4.69) is 4.98 Å². The quantitative estimate of drug-likeness (QED) is 0.767. The predicted octanol–water partition coefficient (Wildman–Crippen LogP) is 1.13. The van der Waals surface area contributed by atoms with Gasteiger partial charge in [0.05, 0.1) is 17.0 Å². The molecule has 0 fully saturated rings. The maximum absolute atomic E-state index is 10.3. The monoisotopic (exact) mass is 187 g/mol. The van der Waals surface area contributed by atoms with Gasteiger partial charge in [0.15, 0.2) is 6.10 Å². The van der Waals surface area contributed by atoms with Crippen molar-refractivity contribution in [2.24, 2.45) is 0 Å². The summed E-state index contributed by atoms with van der Waals surface area (Å²) in [6.45, 7) is 1.82. The first kappa shape index (κ1) is 9.15. The first-order valence-electron chi connectivity index (χ1n) is 3.42. The van der Waals surface area contributed by atoms with Crippen molar-refractivity contribution >= 4 is 17.3 Å². The molecule has 1 aromatic rings. The molecule has 0 aromatic carbocycles. The molecule has 12 heavy (non-hydrogen) atoms. The Morgan fingerprint density at radius 3 is 3.17 bits per heavy atom. The minimum Gasteiger partial charge on any atom is -0.479 e. The Balaban J connectivity index is 2.31. The van der Waals surface area contributed by atoms with Gasteiger partial charge in [-0.25, -0.2) is 4.79 Å². The van der Waals surface area contributed by atoms with Gasteiger partial charge in [-0.2, -0.15) is 0 Å². The van der Waals surface area contributed by atoms with Crippen LogP contribution in [0.3, 0.4) is 0 Å². The number of ether oxygens (including phenoxy) is 1. The van der Waals surface area contributed by atoms with Crippen molar-refractivity contribution < 1.29 is 14.6 Å². The molecular weight excluding hydrogens is 178 g/mol. The summed E-state index contributed by atoms with van der Waals surface area (Å²) in [5.74, 6) is -0.945. The summed E-state index contributed by atoms with van der Waals surface area (Å²) < 4.78 is 5.02. The fraction of sp³-hybridized carbons (Fsp3) is 0.429. The molecule has 0 aliphatic carbocycles. The van der Waals surface area contributed by atoms with Crippen LogP contribution in [-0.2, 0) is 16.1 Å². The number of rotatable bonds is 4. The Kier molecular flexibility index (Phi) is 3.19. The molecule has 0 saturated carbocycles. The predicted molar refractivity (Wildman–Crippen MR) is 44.0 cm³/mol. The number of aliphatic carboxylic acids is 1. The molecule has 1 rings (SSSR count). The third-order valence-corrected chi connectivity index (χ3v) is 2.06. The lowest BCUT2D eigenvalue weighted by atomic mass is 10.4. The highest BCUT2D eigenvalue weighted by molar-refractivity contribution is 7.09. The standard InChI is InChI=1S/C7H9NO3S/c1-5(7(9)10)11-3-6-2-8-4-12-6/h2,4-5H,3H2,1H3,(H,9,10)/t5-/m0/s1. The zero-order valence-corrected chi connectivity index (χ0v) is 7.37. The normalized spacial score (nSPS) is 12.8. The molecule has 5 heteroatoms. The molecule has 0 saturated heterocycles. The smallest absolute Gasteiger partial charge is 0.332 e. The van der Waals surface area contributed by atoms with E-state index < -0.39 is 12.1 Å². The summed E-state index contributed by atoms with van der Waals surface area (Å²) in [6.07, 6.45) is 0.909. The van der Waals surface area contributed by atoms with Crippen molar-refractivity contribution in [3.05, 3.63) is 16.6 Å². The second-order valence-corrected chi connectivity index (χ2v) is 3.23. The molecular formula is C7H9NO3S. The number of aromatic nitrogens is 1. The third kappa shape index (κ3) is 2.60. The van der Waals surface area contributed by atoms with Crippen molar-refractivity contribution in [3.8, 4) is 0 Å². The largest absolute Gasteiger partial charge is 0.479 e. The summed E-state index contributed by atoms with van der Waals surface area (Å²) >= 11 is 1.45. The SMILES string of the molecule is C[C@H](OCc1cncs1)C(=O)O. The number of hydrogen-bond donors (Lipinski definition) is 1. The Hall–Kier alpha value is -0.940. The molecule has 1 N–H and O–H groups in total. The highest BCUT2D eigenvalue weighted by atomic mass is 32.1. The summed E-state index contributed by atoms with van der Waals surface area (Å²) in [4.78, 5) is 15.1.